The molecule has 188 valence electrons. The van der Waals surface area contributed by atoms with Crippen molar-refractivity contribution < 1.29 is 23.4 Å². The Balaban J connectivity index is 1.63. The summed E-state index contributed by atoms with van der Waals surface area (Å²) in [6.45, 7) is 6.53. The van der Waals surface area contributed by atoms with Crippen molar-refractivity contribution in [1.82, 2.24) is 4.57 Å². The van der Waals surface area contributed by atoms with Crippen LogP contribution in [0.3, 0.4) is 0 Å². The largest absolute Gasteiger partial charge is 0.496 e. The lowest BCUT2D eigenvalue weighted by atomic mass is 9.95. The van der Waals surface area contributed by atoms with E-state index in [1.54, 1.807) is 37.7 Å². The van der Waals surface area contributed by atoms with Crippen molar-refractivity contribution in [1.29, 1.82) is 0 Å². The molecule has 2 aliphatic rings. The Kier molecular flexibility index (Phi) is 6.80. The Labute approximate surface area is 211 Å². The molecule has 2 aromatic heterocycles. The van der Waals surface area contributed by atoms with E-state index in [1.807, 2.05) is 30.3 Å². The van der Waals surface area contributed by atoms with Gasteiger partial charge in [-0.1, -0.05) is 29.5 Å². The molecule has 0 aliphatic carbocycles. The molecule has 1 saturated heterocycles. The standard InChI is InChI=1S/C26H27N3O6S/c1-4-34-25(31)22-16(2)27-26-29(23(22)18-7-5-6-8-19(18)32-3)24(30)20(36-26)15-17-9-10-21(35-17)28-11-13-33-14-12-28/h5-10,15,23H,4,11-14H2,1-3H3/b20-15-. The number of morpholine rings is 1. The lowest BCUT2D eigenvalue weighted by molar-refractivity contribution is -0.139. The van der Waals surface area contributed by atoms with Crippen molar-refractivity contribution in [2.24, 2.45) is 4.99 Å². The van der Waals surface area contributed by atoms with Gasteiger partial charge in [-0.05, 0) is 26.0 Å². The van der Waals surface area contributed by atoms with Crippen molar-refractivity contribution in [3.8, 4) is 5.75 Å². The molecule has 0 spiro atoms. The fourth-order valence-electron chi connectivity index (χ4n) is 4.48. The molecule has 1 unspecified atom stereocenters. The summed E-state index contributed by atoms with van der Waals surface area (Å²) in [7, 11) is 1.56. The third kappa shape index (κ3) is 4.38. The number of rotatable bonds is 6. The van der Waals surface area contributed by atoms with Crippen molar-refractivity contribution >= 4 is 29.3 Å². The van der Waals surface area contributed by atoms with Crippen molar-refractivity contribution in [2.75, 3.05) is 44.9 Å². The number of thiazole rings is 1. The van der Waals surface area contributed by atoms with Crippen LogP contribution in [0.4, 0.5) is 5.88 Å². The maximum absolute atomic E-state index is 13.7. The molecule has 1 fully saturated rings. The van der Waals surface area contributed by atoms with Gasteiger partial charge in [0.05, 0.1) is 42.7 Å². The molecule has 5 rings (SSSR count). The van der Waals surface area contributed by atoms with Crippen LogP contribution in [0.15, 0.2) is 61.9 Å². The van der Waals surface area contributed by atoms with Crippen LogP contribution in [0.5, 0.6) is 5.75 Å². The number of nitrogens with zero attached hydrogens (tertiary/aromatic N) is 3. The van der Waals surface area contributed by atoms with E-state index in [0.717, 1.165) is 19.0 Å². The summed E-state index contributed by atoms with van der Waals surface area (Å²) in [6, 6.07) is 10.3. The lowest BCUT2D eigenvalue weighted by Gasteiger charge is -2.26. The zero-order chi connectivity index (χ0) is 25.2. The van der Waals surface area contributed by atoms with E-state index in [4.69, 9.17) is 18.6 Å². The molecule has 0 bridgehead atoms. The molecular weight excluding hydrogens is 482 g/mol. The second-order valence-corrected chi connectivity index (χ2v) is 9.33. The fourth-order valence-corrected chi connectivity index (χ4v) is 5.51. The zero-order valence-corrected chi connectivity index (χ0v) is 21.2. The molecule has 4 heterocycles. The number of benzene rings is 1. The number of para-hydroxylation sites is 1. The van der Waals surface area contributed by atoms with Crippen LogP contribution >= 0.6 is 11.3 Å². The molecule has 10 heteroatoms. The first-order valence-electron chi connectivity index (χ1n) is 11.8. The van der Waals surface area contributed by atoms with E-state index < -0.39 is 12.0 Å². The van der Waals surface area contributed by atoms with Gasteiger partial charge >= 0.3 is 5.97 Å². The average Bonchev–Trinajstić information content (AvgIpc) is 3.48. The number of hydrogen-bond acceptors (Lipinski definition) is 9. The molecule has 1 atom stereocenters. The number of furan rings is 1. The predicted molar refractivity (Wildman–Crippen MR) is 135 cm³/mol. The van der Waals surface area contributed by atoms with Crippen LogP contribution in [-0.4, -0.2) is 50.6 Å². The lowest BCUT2D eigenvalue weighted by Crippen LogP contribution is -2.40. The Morgan fingerprint density at radius 2 is 2.00 bits per heavy atom. The first-order valence-corrected chi connectivity index (χ1v) is 12.6. The fraction of sp³-hybridized carbons (Fsp3) is 0.346. The number of methoxy groups -OCH3 is 1. The van der Waals surface area contributed by atoms with Crippen LogP contribution in [0.1, 0.15) is 31.2 Å². The van der Waals surface area contributed by atoms with Crippen molar-refractivity contribution in [3.63, 3.8) is 0 Å². The van der Waals surface area contributed by atoms with Gasteiger partial charge in [-0.25, -0.2) is 9.79 Å². The third-order valence-electron chi connectivity index (χ3n) is 6.16. The molecule has 3 aromatic rings. The van der Waals surface area contributed by atoms with Gasteiger partial charge in [-0.3, -0.25) is 9.36 Å². The van der Waals surface area contributed by atoms with Crippen LogP contribution in [0, 0.1) is 0 Å². The number of ether oxygens (including phenoxy) is 3. The highest BCUT2D eigenvalue weighted by molar-refractivity contribution is 7.07. The number of carbonyl (C=O) groups is 1. The number of anilines is 1. The van der Waals surface area contributed by atoms with Crippen LogP contribution in [-0.2, 0) is 14.3 Å². The highest BCUT2D eigenvalue weighted by Crippen LogP contribution is 2.35. The van der Waals surface area contributed by atoms with E-state index in [2.05, 4.69) is 9.89 Å². The quantitative estimate of drug-likeness (QED) is 0.471. The molecule has 0 N–H and O–H groups in total. The maximum Gasteiger partial charge on any atom is 0.338 e. The molecule has 9 nitrogen and oxygen atoms in total. The van der Waals surface area contributed by atoms with E-state index in [1.165, 1.54) is 11.3 Å². The summed E-state index contributed by atoms with van der Waals surface area (Å²) >= 11 is 1.25. The summed E-state index contributed by atoms with van der Waals surface area (Å²) < 4.78 is 24.4. The average molecular weight is 510 g/mol. The van der Waals surface area contributed by atoms with Gasteiger partial charge in [0.15, 0.2) is 10.7 Å². The molecule has 0 saturated carbocycles. The molecule has 36 heavy (non-hydrogen) atoms. The summed E-state index contributed by atoms with van der Waals surface area (Å²) in [6.07, 6.45) is 1.72. The Bertz CT molecular complexity index is 1490. The minimum atomic E-state index is -0.737. The van der Waals surface area contributed by atoms with Gasteiger partial charge in [0.2, 0.25) is 0 Å². The summed E-state index contributed by atoms with van der Waals surface area (Å²) in [5.74, 6) is 1.36. The van der Waals surface area contributed by atoms with Crippen LogP contribution < -0.4 is 24.5 Å². The van der Waals surface area contributed by atoms with Gasteiger partial charge in [-0.2, -0.15) is 0 Å². The van der Waals surface area contributed by atoms with E-state index in [0.29, 0.717) is 50.9 Å². The maximum atomic E-state index is 13.7. The second-order valence-electron chi connectivity index (χ2n) is 8.32. The Morgan fingerprint density at radius 1 is 1.22 bits per heavy atom. The van der Waals surface area contributed by atoms with Crippen LogP contribution in [0.2, 0.25) is 0 Å². The summed E-state index contributed by atoms with van der Waals surface area (Å²) in [5, 5.41) is 0. The second kappa shape index (κ2) is 10.2. The Morgan fingerprint density at radius 3 is 2.75 bits per heavy atom. The normalized spacial score (nSPS) is 18.1. The number of esters is 1. The molecule has 0 amide bonds. The number of fused-ring (bicyclic) bond motifs is 1. The zero-order valence-electron chi connectivity index (χ0n) is 20.4. The van der Waals surface area contributed by atoms with E-state index in [9.17, 15) is 9.59 Å². The van der Waals surface area contributed by atoms with E-state index in [-0.39, 0.29) is 12.2 Å². The third-order valence-corrected chi connectivity index (χ3v) is 7.14. The topological polar surface area (TPSA) is 95.5 Å². The summed E-state index contributed by atoms with van der Waals surface area (Å²) in [4.78, 5) is 34.0. The molecule has 1 aromatic carbocycles. The van der Waals surface area contributed by atoms with Gasteiger partial charge in [0.25, 0.3) is 5.56 Å². The molecule has 0 radical (unpaired) electrons. The predicted octanol–water partition coefficient (Wildman–Crippen LogP) is 2.24. The SMILES string of the molecule is CCOC(=O)C1=C(C)N=c2s/c(=C\c3ccc(N4CCOCC4)o3)c(=O)n2C1c1ccccc1OC. The number of carbonyl (C=O) groups excluding carboxylic acids is 1. The van der Waals surface area contributed by atoms with Gasteiger partial charge in [0, 0.05) is 30.8 Å². The molecular formula is C26H27N3O6S. The smallest absolute Gasteiger partial charge is 0.338 e. The minimum Gasteiger partial charge on any atom is -0.496 e. The van der Waals surface area contributed by atoms with Gasteiger partial charge in [-0.15, -0.1) is 0 Å². The van der Waals surface area contributed by atoms with Crippen molar-refractivity contribution in [3.05, 3.63) is 78.7 Å². The minimum absolute atomic E-state index is 0.211. The van der Waals surface area contributed by atoms with Gasteiger partial charge < -0.3 is 23.5 Å². The molecule has 2 aliphatic heterocycles. The Hall–Kier alpha value is -3.63. The van der Waals surface area contributed by atoms with Gasteiger partial charge in [0.1, 0.15) is 17.6 Å². The number of hydrogen-bond donors (Lipinski definition) is 0. The first-order chi connectivity index (χ1) is 17.5. The number of aromatic nitrogens is 1. The highest BCUT2D eigenvalue weighted by Gasteiger charge is 2.35. The van der Waals surface area contributed by atoms with Crippen molar-refractivity contribution in [2.45, 2.75) is 19.9 Å². The highest BCUT2D eigenvalue weighted by atomic mass is 32.1. The summed E-state index contributed by atoms with van der Waals surface area (Å²) in [5.41, 5.74) is 1.23. The monoisotopic (exact) mass is 509 g/mol. The number of allylic oxidation sites excluding steroid dienone is 1. The van der Waals surface area contributed by atoms with E-state index >= 15 is 0 Å². The van der Waals surface area contributed by atoms with Crippen LogP contribution in [0.25, 0.3) is 6.08 Å². The first kappa shape index (κ1) is 24.1.